The van der Waals surface area contributed by atoms with Crippen LogP contribution >= 0.6 is 0 Å². The van der Waals surface area contributed by atoms with Gasteiger partial charge < -0.3 is 15.0 Å². The van der Waals surface area contributed by atoms with Crippen LogP contribution in [-0.2, 0) is 16.1 Å². The molecule has 2 aromatic rings. The van der Waals surface area contributed by atoms with E-state index in [9.17, 15) is 9.59 Å². The van der Waals surface area contributed by atoms with Crippen molar-refractivity contribution in [1.29, 1.82) is 0 Å². The minimum absolute atomic E-state index is 0.117. The normalized spacial score (nSPS) is 15.9. The molecule has 5 nitrogen and oxygen atoms in total. The molecule has 25 heavy (non-hydrogen) atoms. The highest BCUT2D eigenvalue weighted by Gasteiger charge is 2.40. The average molecular weight is 338 g/mol. The number of nitrogens with one attached hydrogen (secondary N) is 1. The van der Waals surface area contributed by atoms with E-state index in [1.807, 2.05) is 50.2 Å². The number of ether oxygens (including phenoxy) is 1. The van der Waals surface area contributed by atoms with Gasteiger partial charge >= 0.3 is 0 Å². The maximum atomic E-state index is 13.1. The van der Waals surface area contributed by atoms with Gasteiger partial charge in [-0.15, -0.1) is 0 Å². The van der Waals surface area contributed by atoms with Crippen LogP contribution in [0.3, 0.4) is 0 Å². The van der Waals surface area contributed by atoms with Crippen molar-refractivity contribution in [1.82, 2.24) is 5.32 Å². The third-order valence-electron chi connectivity index (χ3n) is 4.58. The Labute approximate surface area is 147 Å². The number of hydrogen-bond acceptors (Lipinski definition) is 3. The van der Waals surface area contributed by atoms with Gasteiger partial charge in [-0.1, -0.05) is 30.3 Å². The largest absolute Gasteiger partial charge is 0.496 e. The summed E-state index contributed by atoms with van der Waals surface area (Å²) >= 11 is 0. The fourth-order valence-corrected chi connectivity index (χ4v) is 3.43. The Kier molecular flexibility index (Phi) is 4.49. The number of amides is 2. The Bertz CT molecular complexity index is 845. The van der Waals surface area contributed by atoms with E-state index in [1.165, 1.54) is 6.92 Å². The molecule has 0 saturated carbocycles. The predicted molar refractivity (Wildman–Crippen MR) is 96.7 cm³/mol. The lowest BCUT2D eigenvalue weighted by molar-refractivity contribution is -0.126. The first kappa shape index (κ1) is 17.0. The summed E-state index contributed by atoms with van der Waals surface area (Å²) in [5.74, 6) is 0.406. The molecule has 1 N–H and O–H groups in total. The van der Waals surface area contributed by atoms with Gasteiger partial charge in [-0.3, -0.25) is 9.59 Å². The third-order valence-corrected chi connectivity index (χ3v) is 4.58. The average Bonchev–Trinajstić information content (AvgIpc) is 2.85. The molecule has 3 rings (SSSR count). The molecule has 0 spiro atoms. The second-order valence-electron chi connectivity index (χ2n) is 6.33. The van der Waals surface area contributed by atoms with Crippen molar-refractivity contribution >= 4 is 17.5 Å². The molecule has 1 aliphatic heterocycles. The highest BCUT2D eigenvalue weighted by Crippen LogP contribution is 2.41. The Morgan fingerprint density at radius 1 is 1.16 bits per heavy atom. The molecular weight excluding hydrogens is 316 g/mol. The molecule has 0 aromatic heterocycles. The van der Waals surface area contributed by atoms with Gasteiger partial charge in [0.2, 0.25) is 5.91 Å². The van der Waals surface area contributed by atoms with E-state index in [4.69, 9.17) is 4.74 Å². The molecule has 0 radical (unpaired) electrons. The van der Waals surface area contributed by atoms with Gasteiger partial charge in [-0.2, -0.15) is 0 Å². The molecule has 0 aliphatic carbocycles. The summed E-state index contributed by atoms with van der Waals surface area (Å²) in [6.07, 6.45) is 0. The molecular formula is C20H22N2O3. The second kappa shape index (κ2) is 6.59. The summed E-state index contributed by atoms with van der Waals surface area (Å²) < 4.78 is 5.42. The lowest BCUT2D eigenvalue weighted by Crippen LogP contribution is -2.36. The number of benzene rings is 2. The Morgan fingerprint density at radius 2 is 1.84 bits per heavy atom. The van der Waals surface area contributed by atoms with E-state index < -0.39 is 6.04 Å². The number of carbonyl (C=O) groups is 2. The number of anilines is 1. The lowest BCUT2D eigenvalue weighted by atomic mass is 9.99. The van der Waals surface area contributed by atoms with Crippen molar-refractivity contribution in [3.63, 3.8) is 0 Å². The van der Waals surface area contributed by atoms with Crippen molar-refractivity contribution in [3.05, 3.63) is 58.7 Å². The zero-order valence-corrected chi connectivity index (χ0v) is 14.9. The molecule has 1 aliphatic rings. The van der Waals surface area contributed by atoms with Gasteiger partial charge in [0.15, 0.2) is 0 Å². The summed E-state index contributed by atoms with van der Waals surface area (Å²) in [5.41, 5.74) is 4.70. The predicted octanol–water partition coefficient (Wildman–Crippen LogP) is 3.04. The summed E-state index contributed by atoms with van der Waals surface area (Å²) in [4.78, 5) is 26.4. The van der Waals surface area contributed by atoms with Gasteiger partial charge in [0.25, 0.3) is 5.91 Å². The number of para-hydroxylation sites is 1. The van der Waals surface area contributed by atoms with Crippen LogP contribution in [0.25, 0.3) is 0 Å². The van der Waals surface area contributed by atoms with E-state index in [-0.39, 0.29) is 11.8 Å². The number of fused-ring (bicyclic) bond motifs is 1. The SMILES string of the molecule is COc1ccccc1CN1C(=O)[C@@H](NC(C)=O)c2c(C)ccc(C)c21. The molecule has 2 amide bonds. The van der Waals surface area contributed by atoms with Crippen molar-refractivity contribution < 1.29 is 14.3 Å². The number of aryl methyl sites for hydroxylation is 2. The first-order chi connectivity index (χ1) is 11.9. The zero-order valence-electron chi connectivity index (χ0n) is 14.9. The Balaban J connectivity index is 2.08. The van der Waals surface area contributed by atoms with Crippen LogP contribution in [0.1, 0.15) is 35.2 Å². The van der Waals surface area contributed by atoms with Crippen LogP contribution in [-0.4, -0.2) is 18.9 Å². The fraction of sp³-hybridized carbons (Fsp3) is 0.300. The lowest BCUT2D eigenvalue weighted by Gasteiger charge is -2.21. The summed E-state index contributed by atoms with van der Waals surface area (Å²) in [5, 5.41) is 2.80. The van der Waals surface area contributed by atoms with E-state index in [2.05, 4.69) is 5.32 Å². The number of rotatable bonds is 4. The van der Waals surface area contributed by atoms with Crippen LogP contribution in [0, 0.1) is 13.8 Å². The standard InChI is InChI=1S/C20H22N2O3/c1-12-9-10-13(2)19-17(12)18(21-14(3)23)20(24)22(19)11-15-7-5-6-8-16(15)25-4/h5-10,18H,11H2,1-4H3,(H,21,23)/t18-/m0/s1. The van der Waals surface area contributed by atoms with Crippen LogP contribution in [0.2, 0.25) is 0 Å². The van der Waals surface area contributed by atoms with E-state index in [1.54, 1.807) is 12.0 Å². The Hall–Kier alpha value is -2.82. The van der Waals surface area contributed by atoms with Crippen molar-refractivity contribution in [3.8, 4) is 5.75 Å². The highest BCUT2D eigenvalue weighted by molar-refractivity contribution is 6.07. The van der Waals surface area contributed by atoms with Crippen molar-refractivity contribution in [2.75, 3.05) is 12.0 Å². The van der Waals surface area contributed by atoms with Gasteiger partial charge in [-0.05, 0) is 31.0 Å². The minimum atomic E-state index is -0.637. The number of hydrogen-bond donors (Lipinski definition) is 1. The first-order valence-corrected chi connectivity index (χ1v) is 8.24. The quantitative estimate of drug-likeness (QED) is 0.932. The van der Waals surface area contributed by atoms with Crippen molar-refractivity contribution in [2.45, 2.75) is 33.4 Å². The maximum absolute atomic E-state index is 13.1. The highest BCUT2D eigenvalue weighted by atomic mass is 16.5. The summed E-state index contributed by atoms with van der Waals surface area (Å²) in [6, 6.07) is 11.0. The van der Waals surface area contributed by atoms with Crippen LogP contribution in [0.5, 0.6) is 5.75 Å². The number of carbonyl (C=O) groups excluding carboxylic acids is 2. The van der Waals surface area contributed by atoms with Crippen LogP contribution < -0.4 is 15.0 Å². The van der Waals surface area contributed by atoms with E-state index >= 15 is 0 Å². The van der Waals surface area contributed by atoms with E-state index in [0.717, 1.165) is 33.7 Å². The smallest absolute Gasteiger partial charge is 0.254 e. The van der Waals surface area contributed by atoms with Crippen LogP contribution in [0.15, 0.2) is 36.4 Å². The monoisotopic (exact) mass is 338 g/mol. The Morgan fingerprint density at radius 3 is 2.52 bits per heavy atom. The summed E-state index contributed by atoms with van der Waals surface area (Å²) in [7, 11) is 1.62. The van der Waals surface area contributed by atoms with Gasteiger partial charge in [-0.25, -0.2) is 0 Å². The number of nitrogens with zero attached hydrogens (tertiary/aromatic N) is 1. The molecule has 0 saturated heterocycles. The minimum Gasteiger partial charge on any atom is -0.496 e. The molecule has 2 aromatic carbocycles. The van der Waals surface area contributed by atoms with Gasteiger partial charge in [0.1, 0.15) is 11.8 Å². The summed E-state index contributed by atoms with van der Waals surface area (Å²) in [6.45, 7) is 5.78. The van der Waals surface area contributed by atoms with Gasteiger partial charge in [0, 0.05) is 18.1 Å². The fourth-order valence-electron chi connectivity index (χ4n) is 3.43. The van der Waals surface area contributed by atoms with Crippen molar-refractivity contribution in [2.24, 2.45) is 0 Å². The number of methoxy groups -OCH3 is 1. The third kappa shape index (κ3) is 2.97. The second-order valence-corrected chi connectivity index (χ2v) is 6.33. The molecule has 0 bridgehead atoms. The first-order valence-electron chi connectivity index (χ1n) is 8.24. The van der Waals surface area contributed by atoms with Crippen LogP contribution in [0.4, 0.5) is 5.69 Å². The molecule has 5 heteroatoms. The topological polar surface area (TPSA) is 58.6 Å². The molecule has 1 atom stereocenters. The molecule has 0 unspecified atom stereocenters. The molecule has 0 fully saturated rings. The maximum Gasteiger partial charge on any atom is 0.254 e. The van der Waals surface area contributed by atoms with Gasteiger partial charge in [0.05, 0.1) is 19.3 Å². The molecule has 1 heterocycles. The van der Waals surface area contributed by atoms with E-state index in [0.29, 0.717) is 6.54 Å². The zero-order chi connectivity index (χ0) is 18.1. The molecule has 130 valence electrons.